The zero-order valence-corrected chi connectivity index (χ0v) is 19.2. The minimum atomic E-state index is -1.12. The maximum absolute atomic E-state index is 6.22. The Morgan fingerprint density at radius 1 is 1.00 bits per heavy atom. The van der Waals surface area contributed by atoms with Gasteiger partial charge in [0.2, 0.25) is 0 Å². The van der Waals surface area contributed by atoms with Crippen LogP contribution in [0.2, 0.25) is 25.7 Å². The third-order valence-electron chi connectivity index (χ3n) is 5.41. The van der Waals surface area contributed by atoms with Gasteiger partial charge in [-0.3, -0.25) is 0 Å². The van der Waals surface area contributed by atoms with Gasteiger partial charge < -0.3 is 14.0 Å². The Hall–Kier alpha value is -1.48. The van der Waals surface area contributed by atoms with E-state index in [4.69, 9.17) is 14.0 Å². The Morgan fingerprint density at radius 3 is 2.18 bits per heavy atom. The molecule has 3 rings (SSSR count). The summed E-state index contributed by atoms with van der Waals surface area (Å²) in [6.07, 6.45) is 0. The van der Waals surface area contributed by atoms with Crippen molar-refractivity contribution in [2.75, 3.05) is 6.61 Å². The van der Waals surface area contributed by atoms with Crippen molar-refractivity contribution >= 4 is 20.8 Å². The normalized spacial score (nSPS) is 18.6. The minimum Gasteiger partial charge on any atom is -0.398 e. The van der Waals surface area contributed by atoms with Crippen molar-refractivity contribution in [2.24, 2.45) is 0 Å². The maximum atomic E-state index is 6.22. The van der Waals surface area contributed by atoms with Crippen molar-refractivity contribution in [3.05, 3.63) is 30.3 Å². The van der Waals surface area contributed by atoms with E-state index in [9.17, 15) is 0 Å². The van der Waals surface area contributed by atoms with E-state index in [-0.39, 0.29) is 0 Å². The fraction of sp³-hybridized carbons (Fsp3) is 0.600. The number of hydrogen-bond acceptors (Lipinski definition) is 5. The summed E-state index contributed by atoms with van der Waals surface area (Å²) >= 11 is 0. The highest BCUT2D eigenvalue weighted by Gasteiger charge is 2.53. The van der Waals surface area contributed by atoms with Crippen molar-refractivity contribution in [3.63, 3.8) is 0 Å². The zero-order chi connectivity index (χ0) is 20.6. The van der Waals surface area contributed by atoms with E-state index in [1.54, 1.807) is 4.80 Å². The molecule has 0 spiro atoms. The average molecular weight is 401 g/mol. The second kappa shape index (κ2) is 7.74. The van der Waals surface area contributed by atoms with Gasteiger partial charge in [-0.1, -0.05) is 50.0 Å². The van der Waals surface area contributed by atoms with Crippen LogP contribution in [-0.2, 0) is 20.8 Å². The molecule has 1 aliphatic heterocycles. The molecule has 1 aromatic carbocycles. The molecule has 1 fully saturated rings. The fourth-order valence-corrected chi connectivity index (χ4v) is 3.61. The lowest BCUT2D eigenvalue weighted by atomic mass is 9.82. The van der Waals surface area contributed by atoms with Crippen LogP contribution < -0.4 is 5.59 Å². The molecule has 1 aliphatic rings. The summed E-state index contributed by atoms with van der Waals surface area (Å²) < 4.78 is 18.3. The van der Waals surface area contributed by atoms with E-state index in [2.05, 4.69) is 29.8 Å². The predicted octanol–water partition coefficient (Wildman–Crippen LogP) is 3.56. The van der Waals surface area contributed by atoms with Gasteiger partial charge in [0, 0.05) is 20.2 Å². The van der Waals surface area contributed by atoms with Crippen molar-refractivity contribution in [3.8, 4) is 11.3 Å². The highest BCUT2D eigenvalue weighted by molar-refractivity contribution is 6.76. The molecule has 0 atom stereocenters. The molecule has 0 saturated carbocycles. The summed E-state index contributed by atoms with van der Waals surface area (Å²) in [5, 5.41) is 9.36. The van der Waals surface area contributed by atoms with E-state index in [0.29, 0.717) is 12.3 Å². The lowest BCUT2D eigenvalue weighted by Crippen LogP contribution is -2.41. The molecule has 28 heavy (non-hydrogen) atoms. The van der Waals surface area contributed by atoms with Gasteiger partial charge >= 0.3 is 7.12 Å². The van der Waals surface area contributed by atoms with E-state index in [1.165, 1.54) is 0 Å². The smallest absolute Gasteiger partial charge is 0.398 e. The summed E-state index contributed by atoms with van der Waals surface area (Å²) in [5.41, 5.74) is 1.60. The third-order valence-corrected chi connectivity index (χ3v) is 7.11. The molecule has 2 heterocycles. The van der Waals surface area contributed by atoms with Crippen LogP contribution in [0.15, 0.2) is 30.3 Å². The average Bonchev–Trinajstić information content (AvgIpc) is 3.10. The lowest BCUT2D eigenvalue weighted by Gasteiger charge is -2.32. The zero-order valence-electron chi connectivity index (χ0n) is 18.2. The van der Waals surface area contributed by atoms with Gasteiger partial charge in [0.25, 0.3) is 0 Å². The van der Waals surface area contributed by atoms with Crippen molar-refractivity contribution < 1.29 is 14.0 Å². The minimum absolute atomic E-state index is 0.323. The molecule has 152 valence electrons. The van der Waals surface area contributed by atoms with Crippen LogP contribution in [0, 0.1) is 0 Å². The number of hydrogen-bond donors (Lipinski definition) is 0. The molecule has 8 heteroatoms. The van der Waals surface area contributed by atoms with Crippen LogP contribution in [0.1, 0.15) is 27.7 Å². The van der Waals surface area contributed by atoms with Gasteiger partial charge in [0.1, 0.15) is 11.3 Å². The van der Waals surface area contributed by atoms with Crippen LogP contribution in [0.5, 0.6) is 0 Å². The number of aromatic nitrogens is 3. The van der Waals surface area contributed by atoms with E-state index < -0.39 is 26.4 Å². The Labute approximate surface area is 169 Å². The monoisotopic (exact) mass is 401 g/mol. The molecule has 0 bridgehead atoms. The maximum Gasteiger partial charge on any atom is 0.518 e. The van der Waals surface area contributed by atoms with Gasteiger partial charge in [-0.15, -0.1) is 0 Å². The van der Waals surface area contributed by atoms with E-state index >= 15 is 0 Å². The Bertz CT molecular complexity index is 787. The van der Waals surface area contributed by atoms with Crippen LogP contribution in [0.4, 0.5) is 0 Å². The molecular formula is C20H32BN3O3Si. The third kappa shape index (κ3) is 4.74. The quantitative estimate of drug-likeness (QED) is 0.525. The first kappa shape index (κ1) is 21.2. The first-order valence-electron chi connectivity index (χ1n) is 9.92. The predicted molar refractivity (Wildman–Crippen MR) is 115 cm³/mol. The second-order valence-electron chi connectivity index (χ2n) is 9.61. The van der Waals surface area contributed by atoms with Crippen molar-refractivity contribution in [1.82, 2.24) is 15.0 Å². The first-order valence-corrected chi connectivity index (χ1v) is 13.6. The molecule has 1 aromatic heterocycles. The standard InChI is InChI=1S/C20H32BN3O3Si/c1-19(2)20(3,4)27-21(26-19)18-17(16-11-9-8-10-12-16)22-24(23-18)15-25-13-14-28(5,6)7/h8-12H,13-15H2,1-7H3. The van der Waals surface area contributed by atoms with Gasteiger partial charge in [-0.2, -0.15) is 15.0 Å². The largest absolute Gasteiger partial charge is 0.518 e. The Morgan fingerprint density at radius 2 is 1.61 bits per heavy atom. The molecule has 0 radical (unpaired) electrons. The van der Waals surface area contributed by atoms with Crippen LogP contribution in [-0.4, -0.2) is 48.0 Å². The molecule has 0 N–H and O–H groups in total. The molecule has 1 saturated heterocycles. The summed E-state index contributed by atoms with van der Waals surface area (Å²) in [6.45, 7) is 16.2. The van der Waals surface area contributed by atoms with Crippen LogP contribution >= 0.6 is 0 Å². The molecule has 0 amide bonds. The number of rotatable bonds is 7. The second-order valence-corrected chi connectivity index (χ2v) is 15.2. The SMILES string of the molecule is CC1(C)OB(c2nn(COCC[Si](C)(C)C)nc2-c2ccccc2)OC1(C)C. The number of benzene rings is 1. The number of ether oxygens (including phenoxy) is 1. The molecule has 0 aliphatic carbocycles. The summed E-state index contributed by atoms with van der Waals surface area (Å²) in [7, 11) is -1.68. The Kier molecular flexibility index (Phi) is 5.87. The summed E-state index contributed by atoms with van der Waals surface area (Å²) in [4.78, 5) is 1.60. The van der Waals surface area contributed by atoms with Crippen molar-refractivity contribution in [1.29, 1.82) is 0 Å². The molecule has 6 nitrogen and oxygen atoms in total. The van der Waals surface area contributed by atoms with Crippen LogP contribution in [0.3, 0.4) is 0 Å². The molecule has 0 unspecified atom stereocenters. The highest BCUT2D eigenvalue weighted by Crippen LogP contribution is 2.37. The highest BCUT2D eigenvalue weighted by atomic mass is 28.3. The van der Waals surface area contributed by atoms with Crippen LogP contribution in [0.25, 0.3) is 11.3 Å². The van der Waals surface area contributed by atoms with Gasteiger partial charge in [-0.25, -0.2) is 0 Å². The van der Waals surface area contributed by atoms with Gasteiger partial charge in [-0.05, 0) is 33.7 Å². The summed E-state index contributed by atoms with van der Waals surface area (Å²) in [6, 6.07) is 11.1. The van der Waals surface area contributed by atoms with Gasteiger partial charge in [0.05, 0.1) is 11.2 Å². The lowest BCUT2D eigenvalue weighted by molar-refractivity contribution is 0.00578. The fourth-order valence-electron chi connectivity index (χ4n) is 2.86. The van der Waals surface area contributed by atoms with E-state index in [0.717, 1.165) is 23.9 Å². The summed E-state index contributed by atoms with van der Waals surface area (Å²) in [5.74, 6) is 0. The van der Waals surface area contributed by atoms with Crippen molar-refractivity contribution in [2.45, 2.75) is 71.3 Å². The topological polar surface area (TPSA) is 58.4 Å². The van der Waals surface area contributed by atoms with Gasteiger partial charge in [0.15, 0.2) is 6.73 Å². The Balaban J connectivity index is 1.83. The number of nitrogens with zero attached hydrogens (tertiary/aromatic N) is 3. The van der Waals surface area contributed by atoms with E-state index in [1.807, 2.05) is 58.0 Å². The first-order chi connectivity index (χ1) is 13.0. The molecular weight excluding hydrogens is 369 g/mol. The molecule has 2 aromatic rings.